The summed E-state index contributed by atoms with van der Waals surface area (Å²) in [6.07, 6.45) is 0. The van der Waals surface area contributed by atoms with Crippen molar-refractivity contribution >= 4 is 39.9 Å². The highest BCUT2D eigenvalue weighted by molar-refractivity contribution is 6.34. The number of primary amides is 1. The molecular weight excluding hydrogens is 312 g/mol. The summed E-state index contributed by atoms with van der Waals surface area (Å²) in [5, 5.41) is 4.71. The SMILES string of the molecule is NC(=O)c1c(Cl)cccc1NC(=O)c1cccc2ccccc12. The van der Waals surface area contributed by atoms with E-state index in [-0.39, 0.29) is 16.5 Å². The van der Waals surface area contributed by atoms with Gasteiger partial charge >= 0.3 is 0 Å². The van der Waals surface area contributed by atoms with E-state index in [0.29, 0.717) is 11.3 Å². The predicted molar refractivity (Wildman–Crippen MR) is 91.9 cm³/mol. The zero-order valence-corrected chi connectivity index (χ0v) is 12.8. The number of fused-ring (bicyclic) bond motifs is 1. The van der Waals surface area contributed by atoms with Crippen LogP contribution >= 0.6 is 11.6 Å². The smallest absolute Gasteiger partial charge is 0.256 e. The van der Waals surface area contributed by atoms with Gasteiger partial charge < -0.3 is 11.1 Å². The van der Waals surface area contributed by atoms with Crippen LogP contribution in [0.2, 0.25) is 5.02 Å². The molecule has 0 saturated carbocycles. The van der Waals surface area contributed by atoms with Crippen LogP contribution in [0.25, 0.3) is 10.8 Å². The van der Waals surface area contributed by atoms with Gasteiger partial charge in [0.2, 0.25) is 0 Å². The number of anilines is 1. The van der Waals surface area contributed by atoms with Gasteiger partial charge in [0.05, 0.1) is 16.3 Å². The van der Waals surface area contributed by atoms with Crippen molar-refractivity contribution in [2.75, 3.05) is 5.32 Å². The minimum Gasteiger partial charge on any atom is -0.365 e. The van der Waals surface area contributed by atoms with Crippen molar-refractivity contribution in [1.82, 2.24) is 0 Å². The highest BCUT2D eigenvalue weighted by Crippen LogP contribution is 2.25. The third-order valence-electron chi connectivity index (χ3n) is 3.54. The molecule has 0 aromatic heterocycles. The molecule has 2 amide bonds. The first-order chi connectivity index (χ1) is 11.1. The molecule has 0 spiro atoms. The van der Waals surface area contributed by atoms with Crippen LogP contribution < -0.4 is 11.1 Å². The van der Waals surface area contributed by atoms with Gasteiger partial charge in [-0.25, -0.2) is 0 Å². The van der Waals surface area contributed by atoms with Crippen LogP contribution in [-0.2, 0) is 0 Å². The Bertz CT molecular complexity index is 917. The van der Waals surface area contributed by atoms with Crippen molar-refractivity contribution in [3.05, 3.63) is 76.8 Å². The molecule has 4 nitrogen and oxygen atoms in total. The van der Waals surface area contributed by atoms with E-state index in [1.807, 2.05) is 36.4 Å². The molecule has 3 rings (SSSR count). The molecule has 0 heterocycles. The summed E-state index contributed by atoms with van der Waals surface area (Å²) in [6.45, 7) is 0. The van der Waals surface area contributed by atoms with Crippen molar-refractivity contribution in [2.45, 2.75) is 0 Å². The number of carbonyl (C=O) groups is 2. The third kappa shape index (κ3) is 2.89. The molecular formula is C18H13ClN2O2. The highest BCUT2D eigenvalue weighted by atomic mass is 35.5. The quantitative estimate of drug-likeness (QED) is 0.768. The molecule has 0 aliphatic heterocycles. The maximum Gasteiger partial charge on any atom is 0.256 e. The Kier molecular flexibility index (Phi) is 4.00. The number of hydrogen-bond donors (Lipinski definition) is 2. The van der Waals surface area contributed by atoms with Crippen LogP contribution in [0.1, 0.15) is 20.7 Å². The van der Waals surface area contributed by atoms with E-state index in [2.05, 4.69) is 5.32 Å². The van der Waals surface area contributed by atoms with Gasteiger partial charge in [-0.05, 0) is 29.0 Å². The van der Waals surface area contributed by atoms with Gasteiger partial charge in [-0.2, -0.15) is 0 Å². The predicted octanol–water partition coefficient (Wildman–Crippen LogP) is 3.84. The molecule has 0 saturated heterocycles. The molecule has 114 valence electrons. The molecule has 0 fully saturated rings. The van der Waals surface area contributed by atoms with Gasteiger partial charge in [-0.15, -0.1) is 0 Å². The Labute approximate surface area is 137 Å². The van der Waals surface area contributed by atoms with Crippen LogP contribution in [0.4, 0.5) is 5.69 Å². The fourth-order valence-corrected chi connectivity index (χ4v) is 2.76. The molecule has 0 unspecified atom stereocenters. The molecule has 3 N–H and O–H groups in total. The monoisotopic (exact) mass is 324 g/mol. The van der Waals surface area contributed by atoms with Gasteiger partial charge in [0, 0.05) is 5.56 Å². The van der Waals surface area contributed by atoms with Gasteiger partial charge in [0.1, 0.15) is 0 Å². The third-order valence-corrected chi connectivity index (χ3v) is 3.86. The first kappa shape index (κ1) is 15.1. The average molecular weight is 325 g/mol. The van der Waals surface area contributed by atoms with E-state index >= 15 is 0 Å². The number of halogens is 1. The Morgan fingerprint density at radius 3 is 2.39 bits per heavy atom. The van der Waals surface area contributed by atoms with Crippen molar-refractivity contribution < 1.29 is 9.59 Å². The summed E-state index contributed by atoms with van der Waals surface area (Å²) in [5.74, 6) is -1.02. The summed E-state index contributed by atoms with van der Waals surface area (Å²) in [4.78, 5) is 24.2. The maximum absolute atomic E-state index is 12.6. The Balaban J connectivity index is 2.03. The summed E-state index contributed by atoms with van der Waals surface area (Å²) in [7, 11) is 0. The van der Waals surface area contributed by atoms with E-state index in [1.54, 1.807) is 24.3 Å². The fraction of sp³-hybridized carbons (Fsp3) is 0. The van der Waals surface area contributed by atoms with E-state index < -0.39 is 5.91 Å². The zero-order chi connectivity index (χ0) is 16.4. The highest BCUT2D eigenvalue weighted by Gasteiger charge is 2.16. The minimum absolute atomic E-state index is 0.0998. The van der Waals surface area contributed by atoms with Crippen LogP contribution in [0.3, 0.4) is 0 Å². The molecule has 5 heteroatoms. The number of nitrogens with two attached hydrogens (primary N) is 1. The number of hydrogen-bond acceptors (Lipinski definition) is 2. The number of benzene rings is 3. The number of carbonyl (C=O) groups excluding carboxylic acids is 2. The van der Waals surface area contributed by atoms with Gasteiger partial charge in [-0.3, -0.25) is 9.59 Å². The van der Waals surface area contributed by atoms with Gasteiger partial charge in [0.15, 0.2) is 0 Å². The summed E-state index contributed by atoms with van der Waals surface area (Å²) >= 11 is 6.00. The molecule has 0 atom stereocenters. The molecule has 0 bridgehead atoms. The van der Waals surface area contributed by atoms with Gasteiger partial charge in [-0.1, -0.05) is 54.1 Å². The van der Waals surface area contributed by atoms with Crippen LogP contribution in [-0.4, -0.2) is 11.8 Å². The van der Waals surface area contributed by atoms with E-state index in [9.17, 15) is 9.59 Å². The lowest BCUT2D eigenvalue weighted by Gasteiger charge is -2.11. The average Bonchev–Trinajstić information content (AvgIpc) is 2.54. The molecule has 0 aliphatic carbocycles. The Morgan fingerprint density at radius 2 is 1.61 bits per heavy atom. The first-order valence-electron chi connectivity index (χ1n) is 6.95. The first-order valence-corrected chi connectivity index (χ1v) is 7.33. The van der Waals surface area contributed by atoms with Gasteiger partial charge in [0.25, 0.3) is 11.8 Å². The Morgan fingerprint density at radius 1 is 0.913 bits per heavy atom. The largest absolute Gasteiger partial charge is 0.365 e. The normalized spacial score (nSPS) is 10.5. The second-order valence-electron chi connectivity index (χ2n) is 5.01. The van der Waals surface area contributed by atoms with Crippen molar-refractivity contribution in [3.63, 3.8) is 0 Å². The maximum atomic E-state index is 12.6. The van der Waals surface area contributed by atoms with Crippen LogP contribution in [0.5, 0.6) is 0 Å². The lowest BCUT2D eigenvalue weighted by Crippen LogP contribution is -2.19. The standard InChI is InChI=1S/C18H13ClN2O2/c19-14-9-4-10-15(16(14)17(20)22)21-18(23)13-8-3-6-11-5-1-2-7-12(11)13/h1-10H,(H2,20,22)(H,21,23). The summed E-state index contributed by atoms with van der Waals surface area (Å²) in [6, 6.07) is 17.8. The number of amides is 2. The molecule has 23 heavy (non-hydrogen) atoms. The van der Waals surface area contributed by atoms with Crippen LogP contribution in [0, 0.1) is 0 Å². The minimum atomic E-state index is -0.691. The summed E-state index contributed by atoms with van der Waals surface area (Å²) in [5.41, 5.74) is 6.25. The van der Waals surface area contributed by atoms with E-state index in [0.717, 1.165) is 10.8 Å². The number of rotatable bonds is 3. The van der Waals surface area contributed by atoms with Crippen LogP contribution in [0.15, 0.2) is 60.7 Å². The lowest BCUT2D eigenvalue weighted by atomic mass is 10.0. The second kappa shape index (κ2) is 6.10. The van der Waals surface area contributed by atoms with E-state index in [1.165, 1.54) is 0 Å². The molecule has 3 aromatic rings. The fourth-order valence-electron chi connectivity index (χ4n) is 2.49. The molecule has 3 aromatic carbocycles. The topological polar surface area (TPSA) is 72.2 Å². The van der Waals surface area contributed by atoms with Crippen molar-refractivity contribution in [1.29, 1.82) is 0 Å². The lowest BCUT2D eigenvalue weighted by molar-refractivity contribution is 0.100. The van der Waals surface area contributed by atoms with Crippen molar-refractivity contribution in [3.8, 4) is 0 Å². The second-order valence-corrected chi connectivity index (χ2v) is 5.41. The summed E-state index contributed by atoms with van der Waals surface area (Å²) < 4.78 is 0. The zero-order valence-electron chi connectivity index (χ0n) is 12.0. The van der Waals surface area contributed by atoms with E-state index in [4.69, 9.17) is 17.3 Å². The molecule has 0 radical (unpaired) electrons. The molecule has 0 aliphatic rings. The Hall–Kier alpha value is -2.85. The van der Waals surface area contributed by atoms with Crippen molar-refractivity contribution in [2.24, 2.45) is 5.73 Å². The number of nitrogens with one attached hydrogen (secondary N) is 1.